The van der Waals surface area contributed by atoms with Crippen molar-refractivity contribution in [1.82, 2.24) is 10.6 Å². The first-order valence-electron chi connectivity index (χ1n) is 6.36. The summed E-state index contributed by atoms with van der Waals surface area (Å²) in [5, 5.41) is 16.8. The van der Waals surface area contributed by atoms with Crippen molar-refractivity contribution < 1.29 is 13.5 Å². The van der Waals surface area contributed by atoms with Crippen molar-refractivity contribution in [2.75, 3.05) is 31.1 Å². The molecule has 2 fully saturated rings. The summed E-state index contributed by atoms with van der Waals surface area (Å²) in [5.74, 6) is 0.565. The van der Waals surface area contributed by atoms with Gasteiger partial charge in [-0.3, -0.25) is 0 Å². The van der Waals surface area contributed by atoms with Crippen molar-refractivity contribution in [2.24, 2.45) is 0 Å². The Morgan fingerprint density at radius 1 is 1.24 bits per heavy atom. The van der Waals surface area contributed by atoms with Gasteiger partial charge in [0.15, 0.2) is 0 Å². The molecule has 0 unspecified atom stereocenters. The number of hydrogen-bond acceptors (Lipinski definition) is 5. The van der Waals surface area contributed by atoms with Crippen molar-refractivity contribution in [2.45, 2.75) is 37.3 Å². The number of sulfone groups is 1. The van der Waals surface area contributed by atoms with E-state index in [2.05, 4.69) is 10.6 Å². The maximum atomic E-state index is 11.3. The van der Waals surface area contributed by atoms with Crippen LogP contribution in [-0.2, 0) is 9.84 Å². The first-order chi connectivity index (χ1) is 7.99. The zero-order valence-corrected chi connectivity index (χ0v) is 10.9. The van der Waals surface area contributed by atoms with Crippen LogP contribution in [0.1, 0.15) is 25.7 Å². The number of hydrogen-bond donors (Lipinski definition) is 3. The first kappa shape index (κ1) is 13.3. The lowest BCUT2D eigenvalue weighted by Crippen LogP contribution is -2.51. The molecule has 2 saturated heterocycles. The third-order valence-electron chi connectivity index (χ3n) is 3.81. The van der Waals surface area contributed by atoms with Crippen LogP contribution in [0.2, 0.25) is 0 Å². The lowest BCUT2D eigenvalue weighted by Gasteiger charge is -2.35. The van der Waals surface area contributed by atoms with Crippen molar-refractivity contribution in [3.05, 3.63) is 0 Å². The predicted molar refractivity (Wildman–Crippen MR) is 66.7 cm³/mol. The summed E-state index contributed by atoms with van der Waals surface area (Å²) >= 11 is 0. The molecule has 0 spiro atoms. The van der Waals surface area contributed by atoms with Crippen LogP contribution in [0.5, 0.6) is 0 Å². The Bertz CT molecular complexity index is 336. The number of piperidine rings is 1. The summed E-state index contributed by atoms with van der Waals surface area (Å²) in [6, 6.07) is 0.248. The molecule has 6 heteroatoms. The molecule has 0 saturated carbocycles. The number of nitrogens with one attached hydrogen (secondary N) is 2. The molecule has 0 amide bonds. The Balaban J connectivity index is 1.75. The smallest absolute Gasteiger partial charge is 0.150 e. The minimum atomic E-state index is -2.79. The highest BCUT2D eigenvalue weighted by Crippen LogP contribution is 2.18. The van der Waals surface area contributed by atoms with Gasteiger partial charge in [-0.25, -0.2) is 8.42 Å². The molecule has 2 aliphatic heterocycles. The summed E-state index contributed by atoms with van der Waals surface area (Å²) in [6.45, 7) is 2.30. The van der Waals surface area contributed by atoms with Crippen molar-refractivity contribution >= 4 is 9.84 Å². The molecule has 2 heterocycles. The van der Waals surface area contributed by atoms with Gasteiger partial charge in [-0.1, -0.05) is 0 Å². The molecule has 0 aromatic rings. The molecule has 0 radical (unpaired) electrons. The molecular formula is C11H22N2O3S. The second-order valence-corrected chi connectivity index (χ2v) is 7.58. The van der Waals surface area contributed by atoms with Gasteiger partial charge in [0.2, 0.25) is 0 Å². The average Bonchev–Trinajstić information content (AvgIpc) is 2.29. The first-order valence-corrected chi connectivity index (χ1v) is 8.18. The van der Waals surface area contributed by atoms with Gasteiger partial charge in [-0.2, -0.15) is 0 Å². The van der Waals surface area contributed by atoms with Crippen LogP contribution in [0.25, 0.3) is 0 Å². The maximum Gasteiger partial charge on any atom is 0.150 e. The van der Waals surface area contributed by atoms with E-state index in [0.29, 0.717) is 19.4 Å². The van der Waals surface area contributed by atoms with E-state index < -0.39 is 15.4 Å². The molecule has 0 aromatic heterocycles. The molecule has 17 heavy (non-hydrogen) atoms. The fourth-order valence-electron chi connectivity index (χ4n) is 2.50. The molecular weight excluding hydrogens is 240 g/mol. The second kappa shape index (κ2) is 5.22. The molecule has 0 aromatic carbocycles. The van der Waals surface area contributed by atoms with E-state index in [1.165, 1.54) is 0 Å². The second-order valence-electron chi connectivity index (χ2n) is 5.28. The van der Waals surface area contributed by atoms with E-state index in [1.54, 1.807) is 0 Å². The molecule has 2 aliphatic rings. The van der Waals surface area contributed by atoms with E-state index in [0.717, 1.165) is 25.9 Å². The largest absolute Gasteiger partial charge is 0.388 e. The monoisotopic (exact) mass is 262 g/mol. The number of aliphatic hydroxyl groups is 1. The average molecular weight is 262 g/mol. The summed E-state index contributed by atoms with van der Waals surface area (Å²) < 4.78 is 22.6. The molecule has 3 N–H and O–H groups in total. The van der Waals surface area contributed by atoms with Crippen molar-refractivity contribution in [1.29, 1.82) is 0 Å². The van der Waals surface area contributed by atoms with Gasteiger partial charge < -0.3 is 15.7 Å². The van der Waals surface area contributed by atoms with E-state index in [9.17, 15) is 13.5 Å². The zero-order chi connectivity index (χ0) is 12.4. The van der Waals surface area contributed by atoms with Crippen LogP contribution >= 0.6 is 0 Å². The normalized spacial score (nSPS) is 29.0. The minimum Gasteiger partial charge on any atom is -0.388 e. The summed E-state index contributed by atoms with van der Waals surface area (Å²) in [6.07, 6.45) is 2.89. The highest BCUT2D eigenvalue weighted by atomic mass is 32.2. The standard InChI is InChI=1S/C11H22N2O3S/c14-11(3-5-12-6-4-11)9-13-10-1-7-17(15,16)8-2-10/h10,12-14H,1-9H2. The summed E-state index contributed by atoms with van der Waals surface area (Å²) in [5.41, 5.74) is -0.610. The van der Waals surface area contributed by atoms with Crippen molar-refractivity contribution in [3.8, 4) is 0 Å². The SMILES string of the molecule is O=S1(=O)CCC(NCC2(O)CCNCC2)CC1. The van der Waals surface area contributed by atoms with Crippen LogP contribution < -0.4 is 10.6 Å². The lowest BCUT2D eigenvalue weighted by molar-refractivity contribution is 0.00858. The highest BCUT2D eigenvalue weighted by Gasteiger charge is 2.31. The fourth-order valence-corrected chi connectivity index (χ4v) is 3.99. The van der Waals surface area contributed by atoms with Gasteiger partial charge in [0, 0.05) is 12.6 Å². The maximum absolute atomic E-state index is 11.3. The van der Waals surface area contributed by atoms with Crippen LogP contribution in [0.15, 0.2) is 0 Å². The molecule has 2 rings (SSSR count). The molecule has 0 bridgehead atoms. The summed E-state index contributed by atoms with van der Waals surface area (Å²) in [7, 11) is -2.79. The van der Waals surface area contributed by atoms with E-state index in [-0.39, 0.29) is 17.5 Å². The van der Waals surface area contributed by atoms with E-state index >= 15 is 0 Å². The predicted octanol–water partition coefficient (Wildman–Crippen LogP) is -0.732. The third-order valence-corrected chi connectivity index (χ3v) is 5.52. The Kier molecular flexibility index (Phi) is 4.07. The van der Waals surface area contributed by atoms with Crippen LogP contribution in [-0.4, -0.2) is 56.3 Å². The van der Waals surface area contributed by atoms with Crippen molar-refractivity contribution in [3.63, 3.8) is 0 Å². The number of rotatable bonds is 3. The zero-order valence-electron chi connectivity index (χ0n) is 10.1. The summed E-state index contributed by atoms with van der Waals surface area (Å²) in [4.78, 5) is 0. The quantitative estimate of drug-likeness (QED) is 0.625. The third kappa shape index (κ3) is 3.91. The fraction of sp³-hybridized carbons (Fsp3) is 1.00. The van der Waals surface area contributed by atoms with Gasteiger partial charge in [-0.05, 0) is 38.8 Å². The Hall–Kier alpha value is -0.170. The Labute approximate surface area is 103 Å². The van der Waals surface area contributed by atoms with E-state index in [1.807, 2.05) is 0 Å². The van der Waals surface area contributed by atoms with Crippen LogP contribution in [0, 0.1) is 0 Å². The molecule has 0 atom stereocenters. The Morgan fingerprint density at radius 2 is 1.82 bits per heavy atom. The van der Waals surface area contributed by atoms with Gasteiger partial charge in [0.25, 0.3) is 0 Å². The van der Waals surface area contributed by atoms with Gasteiger partial charge >= 0.3 is 0 Å². The molecule has 5 nitrogen and oxygen atoms in total. The molecule has 100 valence electrons. The Morgan fingerprint density at radius 3 is 2.41 bits per heavy atom. The lowest BCUT2D eigenvalue weighted by atomic mass is 9.92. The molecule has 0 aliphatic carbocycles. The van der Waals surface area contributed by atoms with Crippen LogP contribution in [0.4, 0.5) is 0 Å². The van der Waals surface area contributed by atoms with Gasteiger partial charge in [0.1, 0.15) is 9.84 Å². The van der Waals surface area contributed by atoms with Gasteiger partial charge in [0.05, 0.1) is 17.1 Å². The van der Waals surface area contributed by atoms with E-state index in [4.69, 9.17) is 0 Å². The highest BCUT2D eigenvalue weighted by molar-refractivity contribution is 7.91. The van der Waals surface area contributed by atoms with Gasteiger partial charge in [-0.15, -0.1) is 0 Å². The minimum absolute atomic E-state index is 0.248. The topological polar surface area (TPSA) is 78.4 Å². The van der Waals surface area contributed by atoms with Crippen LogP contribution in [0.3, 0.4) is 0 Å².